The molecular formula is C30H15N7O14. The minimum absolute atomic E-state index is 0.103. The van der Waals surface area contributed by atoms with E-state index < -0.39 is 70.4 Å². The van der Waals surface area contributed by atoms with Crippen LogP contribution in [0, 0.1) is 50.6 Å². The zero-order valence-electron chi connectivity index (χ0n) is 25.0. The molecule has 1 aliphatic heterocycles. The lowest BCUT2D eigenvalue weighted by Crippen LogP contribution is -2.01. The fourth-order valence-corrected chi connectivity index (χ4v) is 4.55. The molecule has 5 aromatic rings. The topological polar surface area (TPSA) is 277 Å². The molecule has 254 valence electrons. The molecule has 0 amide bonds. The molecule has 21 nitrogen and oxygen atoms in total. The number of nitro benzene ring substituents is 5. The summed E-state index contributed by atoms with van der Waals surface area (Å²) in [5, 5.41) is 67.0. The summed E-state index contributed by atoms with van der Waals surface area (Å²) >= 11 is 0. The van der Waals surface area contributed by atoms with Crippen LogP contribution in [0.2, 0.25) is 0 Å². The van der Waals surface area contributed by atoms with Gasteiger partial charge >= 0.3 is 22.7 Å². The van der Waals surface area contributed by atoms with E-state index in [9.17, 15) is 50.6 Å². The van der Waals surface area contributed by atoms with Gasteiger partial charge < -0.3 is 18.9 Å². The predicted octanol–water partition coefficient (Wildman–Crippen LogP) is 9.13. The summed E-state index contributed by atoms with van der Waals surface area (Å²) in [6.45, 7) is 0. The highest BCUT2D eigenvalue weighted by molar-refractivity contribution is 5.67. The van der Waals surface area contributed by atoms with Crippen molar-refractivity contribution < 1.29 is 43.6 Å². The first kappa shape index (κ1) is 32.8. The Hall–Kier alpha value is -8.10. The monoisotopic (exact) mass is 697 g/mol. The number of hydrogen-bond donors (Lipinski definition) is 0. The van der Waals surface area contributed by atoms with E-state index in [2.05, 4.69) is 10.2 Å². The number of hydrogen-bond acceptors (Lipinski definition) is 16. The van der Waals surface area contributed by atoms with Crippen LogP contribution in [0.5, 0.6) is 46.0 Å². The van der Waals surface area contributed by atoms with Gasteiger partial charge in [0.05, 0.1) is 30.3 Å². The molecule has 21 heteroatoms. The van der Waals surface area contributed by atoms with E-state index in [1.807, 2.05) is 0 Å². The minimum Gasteiger partial charge on any atom is -0.450 e. The molecule has 51 heavy (non-hydrogen) atoms. The van der Waals surface area contributed by atoms with Gasteiger partial charge in [-0.3, -0.25) is 50.6 Å². The van der Waals surface area contributed by atoms with E-state index in [0.29, 0.717) is 12.1 Å². The molecule has 0 aromatic heterocycles. The van der Waals surface area contributed by atoms with Crippen molar-refractivity contribution >= 4 is 39.8 Å². The summed E-state index contributed by atoms with van der Waals surface area (Å²) < 4.78 is 23.1. The Morgan fingerprint density at radius 3 is 1.31 bits per heavy atom. The van der Waals surface area contributed by atoms with Crippen LogP contribution in [-0.4, -0.2) is 24.6 Å². The van der Waals surface area contributed by atoms with Crippen LogP contribution in [-0.2, 0) is 0 Å². The van der Waals surface area contributed by atoms with Crippen LogP contribution in [0.15, 0.2) is 101 Å². The van der Waals surface area contributed by atoms with Crippen molar-refractivity contribution in [3.8, 4) is 46.0 Å². The minimum atomic E-state index is -0.945. The zero-order chi connectivity index (χ0) is 36.4. The fourth-order valence-electron chi connectivity index (χ4n) is 4.55. The number of azo groups is 1. The highest BCUT2D eigenvalue weighted by atomic mass is 16.6. The van der Waals surface area contributed by atoms with Crippen LogP contribution in [0.4, 0.5) is 39.8 Å². The third-order valence-electron chi connectivity index (χ3n) is 6.84. The average molecular weight is 697 g/mol. The first-order valence-corrected chi connectivity index (χ1v) is 13.9. The normalized spacial score (nSPS) is 11.7. The second-order valence-electron chi connectivity index (χ2n) is 10.1. The standard InChI is InChI=1S/C30H15N7O14/c38-33(39)17-6-4-16(5-7-17)31-32-21-9-8-20-11-26(21)51-30-15-29(24(36(44)45)13-25(30)37(46)47)49-19-3-1-2-18(10-19)48-27-14-28(50-20)23(35(42)43)12-22(27)34(40)41/h1-15H. The largest absolute Gasteiger partial charge is 0.450 e. The molecule has 0 N–H and O–H groups in total. The lowest BCUT2D eigenvalue weighted by molar-refractivity contribution is -0.395. The van der Waals surface area contributed by atoms with Crippen molar-refractivity contribution in [2.45, 2.75) is 0 Å². The van der Waals surface area contributed by atoms with Crippen molar-refractivity contribution in [2.75, 3.05) is 0 Å². The Morgan fingerprint density at radius 2 is 0.863 bits per heavy atom. The van der Waals surface area contributed by atoms with Gasteiger partial charge in [0.1, 0.15) is 35.1 Å². The van der Waals surface area contributed by atoms with Gasteiger partial charge in [-0.05, 0) is 36.4 Å². The molecule has 0 spiro atoms. The number of nitro groups is 5. The van der Waals surface area contributed by atoms with Crippen LogP contribution >= 0.6 is 0 Å². The molecular weight excluding hydrogens is 682 g/mol. The van der Waals surface area contributed by atoms with Crippen LogP contribution in [0.3, 0.4) is 0 Å². The maximum Gasteiger partial charge on any atom is 0.318 e. The SMILES string of the molecule is O=[N+]([O-])c1ccc(N=Nc2ccc3cc2Oc2cc(c([N+](=O)[O-])cc2[N+](=O)[O-])Oc2cccc(c2)Oc2cc(c([N+](=O)[O-])cc2[N+](=O)[O-])O3)cc1. The van der Waals surface area contributed by atoms with Gasteiger partial charge in [0.2, 0.25) is 23.0 Å². The highest BCUT2D eigenvalue weighted by Crippen LogP contribution is 2.48. The summed E-state index contributed by atoms with van der Waals surface area (Å²) in [4.78, 5) is 54.6. The second kappa shape index (κ2) is 13.2. The predicted molar refractivity (Wildman–Crippen MR) is 170 cm³/mol. The maximum absolute atomic E-state index is 12.1. The van der Waals surface area contributed by atoms with Crippen molar-refractivity contribution in [2.24, 2.45) is 10.2 Å². The molecule has 0 atom stereocenters. The Labute approximate surface area is 281 Å². The lowest BCUT2D eigenvalue weighted by atomic mass is 10.2. The third-order valence-corrected chi connectivity index (χ3v) is 6.84. The van der Waals surface area contributed by atoms with Crippen LogP contribution < -0.4 is 18.9 Å². The van der Waals surface area contributed by atoms with E-state index in [1.54, 1.807) is 0 Å². The molecule has 0 saturated carbocycles. The summed E-state index contributed by atoms with van der Waals surface area (Å²) in [6, 6.07) is 16.7. The van der Waals surface area contributed by atoms with E-state index in [1.165, 1.54) is 60.7 Å². The molecule has 0 saturated heterocycles. The Kier molecular flexibility index (Phi) is 8.49. The number of rotatable bonds is 7. The molecule has 0 unspecified atom stereocenters. The first-order chi connectivity index (χ1) is 24.4. The number of fused-ring (bicyclic) bond motifs is 8. The van der Waals surface area contributed by atoms with Gasteiger partial charge in [0.25, 0.3) is 5.69 Å². The zero-order valence-corrected chi connectivity index (χ0v) is 25.0. The summed E-state index contributed by atoms with van der Waals surface area (Å²) in [7, 11) is 0. The molecule has 6 rings (SSSR count). The molecule has 1 heterocycles. The Bertz CT molecular complexity index is 2310. The van der Waals surface area contributed by atoms with Crippen LogP contribution in [0.25, 0.3) is 0 Å². The van der Waals surface area contributed by atoms with Crippen molar-refractivity contribution in [3.63, 3.8) is 0 Å². The molecule has 0 aliphatic carbocycles. The van der Waals surface area contributed by atoms with E-state index in [4.69, 9.17) is 18.9 Å². The van der Waals surface area contributed by atoms with E-state index >= 15 is 0 Å². The highest BCUT2D eigenvalue weighted by Gasteiger charge is 2.31. The van der Waals surface area contributed by atoms with Gasteiger partial charge in [0, 0.05) is 36.4 Å². The number of non-ortho nitro benzene ring substituents is 1. The summed E-state index contributed by atoms with van der Waals surface area (Å²) in [5.74, 6) is -2.87. The second-order valence-corrected chi connectivity index (χ2v) is 10.1. The van der Waals surface area contributed by atoms with Crippen LogP contribution in [0.1, 0.15) is 0 Å². The van der Waals surface area contributed by atoms with Gasteiger partial charge in [0.15, 0.2) is 5.75 Å². The van der Waals surface area contributed by atoms with Crippen molar-refractivity contribution in [1.82, 2.24) is 0 Å². The number of nitrogens with zero attached hydrogens (tertiary/aromatic N) is 7. The quantitative estimate of drug-likeness (QED) is 0.0854. The van der Waals surface area contributed by atoms with Gasteiger partial charge in [-0.25, -0.2) is 0 Å². The Morgan fingerprint density at radius 1 is 0.412 bits per heavy atom. The van der Waals surface area contributed by atoms with Crippen molar-refractivity contribution in [3.05, 3.63) is 142 Å². The maximum atomic E-state index is 12.1. The first-order valence-electron chi connectivity index (χ1n) is 13.9. The third kappa shape index (κ3) is 6.96. The lowest BCUT2D eigenvalue weighted by Gasteiger charge is -2.15. The van der Waals surface area contributed by atoms with E-state index in [-0.39, 0.29) is 40.1 Å². The van der Waals surface area contributed by atoms with E-state index in [0.717, 1.165) is 18.2 Å². The Balaban J connectivity index is 1.57. The molecule has 5 aromatic carbocycles. The summed E-state index contributed by atoms with van der Waals surface area (Å²) in [6.07, 6.45) is 0. The van der Waals surface area contributed by atoms with Gasteiger partial charge in [-0.1, -0.05) is 6.07 Å². The molecule has 1 aliphatic rings. The fraction of sp³-hybridized carbons (Fsp3) is 0. The smallest absolute Gasteiger partial charge is 0.318 e. The number of benzene rings is 5. The van der Waals surface area contributed by atoms with Gasteiger partial charge in [-0.2, -0.15) is 5.11 Å². The average Bonchev–Trinajstić information content (AvgIpc) is 3.07. The molecule has 0 fully saturated rings. The number of ether oxygens (including phenoxy) is 4. The molecule has 8 bridgehead atoms. The summed E-state index contributed by atoms with van der Waals surface area (Å²) in [5.41, 5.74) is -3.53. The molecule has 0 radical (unpaired) electrons. The van der Waals surface area contributed by atoms with Gasteiger partial charge in [-0.15, -0.1) is 5.11 Å². The van der Waals surface area contributed by atoms with Crippen molar-refractivity contribution in [1.29, 1.82) is 0 Å².